The lowest BCUT2D eigenvalue weighted by atomic mass is 10.1. The summed E-state index contributed by atoms with van der Waals surface area (Å²) in [6.45, 7) is 3.19. The molecule has 0 atom stereocenters. The number of benzene rings is 2. The van der Waals surface area contributed by atoms with E-state index >= 15 is 0 Å². The van der Waals surface area contributed by atoms with E-state index in [2.05, 4.69) is 10.4 Å². The SMILES string of the molecule is CCOc1ccc(CNC(=O)CCn2ccn3nc(-c4ccc(F)cc4)cc3c2=O)cc1. The highest BCUT2D eigenvalue weighted by Gasteiger charge is 2.10. The number of carbonyl (C=O) groups is 1. The number of aryl methyl sites for hydroxylation is 1. The molecule has 0 aliphatic rings. The Hall–Kier alpha value is -3.94. The van der Waals surface area contributed by atoms with Crippen LogP contribution < -0.4 is 15.6 Å². The molecule has 8 heteroatoms. The zero-order valence-electron chi connectivity index (χ0n) is 17.6. The standard InChI is InChI=1S/C24H23FN4O3/c1-2-32-20-9-3-17(4-10-20)16-26-23(30)11-12-28-13-14-29-22(24(28)31)15-21(27-29)18-5-7-19(25)8-6-18/h3-10,13-15H,2,11-12,16H2,1H3,(H,26,30). The number of rotatable bonds is 8. The smallest absolute Gasteiger partial charge is 0.276 e. The van der Waals surface area contributed by atoms with Gasteiger partial charge in [-0.25, -0.2) is 8.91 Å². The minimum absolute atomic E-state index is 0.147. The molecule has 4 aromatic rings. The van der Waals surface area contributed by atoms with Crippen molar-refractivity contribution in [2.24, 2.45) is 0 Å². The Balaban J connectivity index is 1.38. The van der Waals surface area contributed by atoms with Gasteiger partial charge in [-0.15, -0.1) is 0 Å². The van der Waals surface area contributed by atoms with Crippen LogP contribution in [0.5, 0.6) is 5.75 Å². The molecule has 1 N–H and O–H groups in total. The summed E-state index contributed by atoms with van der Waals surface area (Å²) in [6.07, 6.45) is 3.45. The zero-order chi connectivity index (χ0) is 22.5. The van der Waals surface area contributed by atoms with Crippen LogP contribution in [0.2, 0.25) is 0 Å². The van der Waals surface area contributed by atoms with Crippen LogP contribution in [0.4, 0.5) is 4.39 Å². The Morgan fingerprint density at radius 1 is 1.09 bits per heavy atom. The quantitative estimate of drug-likeness (QED) is 0.461. The average Bonchev–Trinajstić information content (AvgIpc) is 3.24. The Morgan fingerprint density at radius 2 is 1.84 bits per heavy atom. The highest BCUT2D eigenvalue weighted by molar-refractivity contribution is 5.75. The van der Waals surface area contributed by atoms with Gasteiger partial charge in [-0.1, -0.05) is 12.1 Å². The maximum Gasteiger partial charge on any atom is 0.276 e. The lowest BCUT2D eigenvalue weighted by Gasteiger charge is -2.08. The van der Waals surface area contributed by atoms with Crippen LogP contribution in [0.1, 0.15) is 18.9 Å². The van der Waals surface area contributed by atoms with Gasteiger partial charge in [0.2, 0.25) is 5.91 Å². The van der Waals surface area contributed by atoms with Crippen molar-refractivity contribution in [2.75, 3.05) is 6.61 Å². The van der Waals surface area contributed by atoms with E-state index < -0.39 is 0 Å². The second-order valence-electron chi connectivity index (χ2n) is 7.27. The van der Waals surface area contributed by atoms with Gasteiger partial charge in [-0.2, -0.15) is 5.10 Å². The number of hydrogen-bond acceptors (Lipinski definition) is 4. The Kier molecular flexibility index (Phi) is 6.30. The number of nitrogens with zero attached hydrogens (tertiary/aromatic N) is 3. The first-order valence-corrected chi connectivity index (χ1v) is 10.4. The molecule has 0 bridgehead atoms. The van der Waals surface area contributed by atoms with Crippen LogP contribution >= 0.6 is 0 Å². The van der Waals surface area contributed by atoms with E-state index in [1.165, 1.54) is 21.2 Å². The lowest BCUT2D eigenvalue weighted by Crippen LogP contribution is -2.27. The highest BCUT2D eigenvalue weighted by Crippen LogP contribution is 2.18. The minimum Gasteiger partial charge on any atom is -0.494 e. The van der Waals surface area contributed by atoms with E-state index in [0.29, 0.717) is 24.4 Å². The zero-order valence-corrected chi connectivity index (χ0v) is 17.6. The van der Waals surface area contributed by atoms with Gasteiger partial charge in [0.15, 0.2) is 0 Å². The van der Waals surface area contributed by atoms with Gasteiger partial charge >= 0.3 is 0 Å². The molecule has 7 nitrogen and oxygen atoms in total. The van der Waals surface area contributed by atoms with Crippen LogP contribution in [-0.4, -0.2) is 26.7 Å². The van der Waals surface area contributed by atoms with Gasteiger partial charge < -0.3 is 14.6 Å². The molecule has 0 aliphatic heterocycles. The van der Waals surface area contributed by atoms with Gasteiger partial charge in [-0.3, -0.25) is 9.59 Å². The average molecular weight is 434 g/mol. The molecule has 2 aromatic heterocycles. The molecule has 1 amide bonds. The minimum atomic E-state index is -0.333. The molecule has 0 spiro atoms. The van der Waals surface area contributed by atoms with E-state index in [1.807, 2.05) is 31.2 Å². The third-order valence-electron chi connectivity index (χ3n) is 5.05. The van der Waals surface area contributed by atoms with E-state index in [1.54, 1.807) is 30.6 Å². The maximum atomic E-state index is 13.2. The second kappa shape index (κ2) is 9.47. The molecule has 0 saturated heterocycles. The topological polar surface area (TPSA) is 77.6 Å². The third-order valence-corrected chi connectivity index (χ3v) is 5.05. The van der Waals surface area contributed by atoms with Crippen LogP contribution in [-0.2, 0) is 17.9 Å². The van der Waals surface area contributed by atoms with Gasteiger partial charge in [0.25, 0.3) is 5.56 Å². The third kappa shape index (κ3) is 4.85. The number of fused-ring (bicyclic) bond motifs is 1. The van der Waals surface area contributed by atoms with Crippen molar-refractivity contribution in [3.63, 3.8) is 0 Å². The van der Waals surface area contributed by atoms with Gasteiger partial charge in [0, 0.05) is 37.5 Å². The summed E-state index contributed by atoms with van der Waals surface area (Å²) in [6, 6.07) is 15.1. The summed E-state index contributed by atoms with van der Waals surface area (Å²) in [5, 5.41) is 7.25. The molecule has 164 valence electrons. The Bertz CT molecular complexity index is 1280. The molecule has 2 aromatic carbocycles. The normalized spacial score (nSPS) is 10.9. The lowest BCUT2D eigenvalue weighted by molar-refractivity contribution is -0.121. The summed E-state index contributed by atoms with van der Waals surface area (Å²) in [7, 11) is 0. The molecule has 0 saturated carbocycles. The summed E-state index contributed by atoms with van der Waals surface area (Å²) < 4.78 is 21.5. The Morgan fingerprint density at radius 3 is 2.56 bits per heavy atom. The molecular weight excluding hydrogens is 411 g/mol. The van der Waals surface area contributed by atoms with Crippen LogP contribution in [0.25, 0.3) is 16.8 Å². The number of halogens is 1. The van der Waals surface area contributed by atoms with Gasteiger partial charge in [0.1, 0.15) is 17.1 Å². The maximum absolute atomic E-state index is 13.2. The molecule has 2 heterocycles. The van der Waals surface area contributed by atoms with Gasteiger partial charge in [-0.05, 0) is 55.0 Å². The largest absolute Gasteiger partial charge is 0.494 e. The van der Waals surface area contributed by atoms with Gasteiger partial charge in [0.05, 0.1) is 12.3 Å². The second-order valence-corrected chi connectivity index (χ2v) is 7.27. The molecule has 4 rings (SSSR count). The number of aromatic nitrogens is 3. The molecule has 0 aliphatic carbocycles. The molecular formula is C24H23FN4O3. The molecule has 0 radical (unpaired) electrons. The number of ether oxygens (including phenoxy) is 1. The molecule has 0 fully saturated rings. The fourth-order valence-electron chi connectivity index (χ4n) is 3.35. The fourth-order valence-corrected chi connectivity index (χ4v) is 3.35. The van der Waals surface area contributed by atoms with Crippen molar-refractivity contribution in [1.82, 2.24) is 19.5 Å². The fraction of sp³-hybridized carbons (Fsp3) is 0.208. The van der Waals surface area contributed by atoms with Crippen molar-refractivity contribution in [1.29, 1.82) is 0 Å². The summed E-state index contributed by atoms with van der Waals surface area (Å²) in [5.74, 6) is 0.312. The van der Waals surface area contributed by atoms with Crippen molar-refractivity contribution in [3.05, 3.63) is 88.7 Å². The predicted octanol–water partition coefficient (Wildman–Crippen LogP) is 3.41. The number of amides is 1. The number of nitrogens with one attached hydrogen (secondary N) is 1. The summed E-state index contributed by atoms with van der Waals surface area (Å²) >= 11 is 0. The van der Waals surface area contributed by atoms with Crippen molar-refractivity contribution in [2.45, 2.75) is 26.4 Å². The summed E-state index contributed by atoms with van der Waals surface area (Å²) in [5.41, 5.74) is 2.41. The first-order chi connectivity index (χ1) is 15.5. The number of hydrogen-bond donors (Lipinski definition) is 1. The van der Waals surface area contributed by atoms with Crippen molar-refractivity contribution in [3.8, 4) is 17.0 Å². The number of carbonyl (C=O) groups excluding carboxylic acids is 1. The summed E-state index contributed by atoms with van der Waals surface area (Å²) in [4.78, 5) is 25.1. The van der Waals surface area contributed by atoms with E-state index in [9.17, 15) is 14.0 Å². The van der Waals surface area contributed by atoms with E-state index in [4.69, 9.17) is 4.74 Å². The molecule has 32 heavy (non-hydrogen) atoms. The van der Waals surface area contributed by atoms with Crippen LogP contribution in [0.15, 0.2) is 71.8 Å². The van der Waals surface area contributed by atoms with Crippen LogP contribution in [0, 0.1) is 5.82 Å². The van der Waals surface area contributed by atoms with Crippen LogP contribution in [0.3, 0.4) is 0 Å². The van der Waals surface area contributed by atoms with Crippen molar-refractivity contribution >= 4 is 11.4 Å². The Labute approximate surface area is 184 Å². The monoisotopic (exact) mass is 434 g/mol. The van der Waals surface area contributed by atoms with E-state index in [-0.39, 0.29) is 30.2 Å². The van der Waals surface area contributed by atoms with Crippen molar-refractivity contribution < 1.29 is 13.9 Å². The van der Waals surface area contributed by atoms with E-state index in [0.717, 1.165) is 16.9 Å². The first kappa shape index (κ1) is 21.3. The molecule has 0 unspecified atom stereocenters. The first-order valence-electron chi connectivity index (χ1n) is 10.4. The predicted molar refractivity (Wildman–Crippen MR) is 119 cm³/mol. The highest BCUT2D eigenvalue weighted by atomic mass is 19.1.